The van der Waals surface area contributed by atoms with Gasteiger partial charge in [0.25, 0.3) is 0 Å². The van der Waals surface area contributed by atoms with E-state index in [1.54, 1.807) is 6.92 Å². The molecule has 1 heterocycles. The summed E-state index contributed by atoms with van der Waals surface area (Å²) in [5, 5.41) is 22.5. The third-order valence-corrected chi connectivity index (χ3v) is 4.11. The van der Waals surface area contributed by atoms with E-state index >= 15 is 0 Å². The van der Waals surface area contributed by atoms with Crippen molar-refractivity contribution in [2.24, 2.45) is 5.92 Å². The lowest BCUT2D eigenvalue weighted by Crippen LogP contribution is -2.45. The molecule has 1 aliphatic rings. The fourth-order valence-electron chi connectivity index (χ4n) is 2.44. The summed E-state index contributed by atoms with van der Waals surface area (Å²) < 4.78 is 5.77. The summed E-state index contributed by atoms with van der Waals surface area (Å²) in [6, 6.07) is 5.59. The number of carboxylic acid groups (broad SMARTS) is 1. The fourth-order valence-corrected chi connectivity index (χ4v) is 2.44. The van der Waals surface area contributed by atoms with Crippen LogP contribution in [0, 0.1) is 5.92 Å². The SMILES string of the molecule is CC(CN[C@@H]1COc2cc(C(C)(C)C)ccc2[C@@H]1O)C(=O)O. The molecule has 0 saturated heterocycles. The quantitative estimate of drug-likeness (QED) is 0.794. The first kappa shape index (κ1) is 16.8. The molecule has 0 fully saturated rings. The average molecular weight is 307 g/mol. The van der Waals surface area contributed by atoms with E-state index in [1.165, 1.54) is 0 Å². The maximum absolute atomic E-state index is 10.8. The molecule has 3 atom stereocenters. The Morgan fingerprint density at radius 3 is 2.73 bits per heavy atom. The van der Waals surface area contributed by atoms with Gasteiger partial charge in [0.1, 0.15) is 18.5 Å². The summed E-state index contributed by atoms with van der Waals surface area (Å²) in [7, 11) is 0. The average Bonchev–Trinajstić information content (AvgIpc) is 2.44. The Morgan fingerprint density at radius 2 is 2.14 bits per heavy atom. The molecule has 0 aliphatic carbocycles. The van der Waals surface area contributed by atoms with Crippen LogP contribution in [-0.4, -0.2) is 35.4 Å². The Balaban J connectivity index is 2.10. The van der Waals surface area contributed by atoms with E-state index < -0.39 is 18.0 Å². The standard InChI is InChI=1S/C17H25NO4/c1-10(16(20)21)8-18-13-9-22-14-7-11(17(2,3)4)5-6-12(14)15(13)19/h5-7,10,13,15,18-19H,8-9H2,1-4H3,(H,20,21)/t10?,13-,15+/m1/s1. The summed E-state index contributed by atoms with van der Waals surface area (Å²) in [5.74, 6) is -0.643. The second kappa shape index (κ2) is 6.26. The topological polar surface area (TPSA) is 78.8 Å². The van der Waals surface area contributed by atoms with Gasteiger partial charge in [0.15, 0.2) is 0 Å². The Hall–Kier alpha value is -1.59. The van der Waals surface area contributed by atoms with Crippen LogP contribution in [0.2, 0.25) is 0 Å². The minimum Gasteiger partial charge on any atom is -0.491 e. The number of fused-ring (bicyclic) bond motifs is 1. The van der Waals surface area contributed by atoms with Crippen molar-refractivity contribution in [2.75, 3.05) is 13.2 Å². The van der Waals surface area contributed by atoms with Crippen molar-refractivity contribution in [1.29, 1.82) is 0 Å². The van der Waals surface area contributed by atoms with Gasteiger partial charge in [0, 0.05) is 12.1 Å². The number of aliphatic hydroxyl groups excluding tert-OH is 1. The monoisotopic (exact) mass is 307 g/mol. The number of carbonyl (C=O) groups is 1. The van der Waals surface area contributed by atoms with Gasteiger partial charge in [0.05, 0.1) is 12.0 Å². The van der Waals surface area contributed by atoms with E-state index in [1.807, 2.05) is 18.2 Å². The van der Waals surface area contributed by atoms with Crippen molar-refractivity contribution < 1.29 is 19.7 Å². The molecule has 0 spiro atoms. The number of hydrogen-bond acceptors (Lipinski definition) is 4. The zero-order valence-corrected chi connectivity index (χ0v) is 13.6. The van der Waals surface area contributed by atoms with Gasteiger partial charge >= 0.3 is 5.97 Å². The molecule has 22 heavy (non-hydrogen) atoms. The lowest BCUT2D eigenvalue weighted by molar-refractivity contribution is -0.141. The van der Waals surface area contributed by atoms with Crippen LogP contribution in [0.25, 0.3) is 0 Å². The van der Waals surface area contributed by atoms with Gasteiger partial charge in [-0.1, -0.05) is 39.8 Å². The minimum absolute atomic E-state index is 0.0232. The normalized spacial score (nSPS) is 22.6. The predicted molar refractivity (Wildman–Crippen MR) is 84.2 cm³/mol. The maximum atomic E-state index is 10.8. The Kier molecular flexibility index (Phi) is 4.78. The second-order valence-electron chi connectivity index (χ2n) is 7.01. The molecule has 1 aromatic rings. The van der Waals surface area contributed by atoms with Gasteiger partial charge in [-0.3, -0.25) is 4.79 Å². The van der Waals surface area contributed by atoms with E-state index in [4.69, 9.17) is 9.84 Å². The van der Waals surface area contributed by atoms with Crippen molar-refractivity contribution in [3.8, 4) is 5.75 Å². The summed E-state index contributed by atoms with van der Waals surface area (Å²) in [4.78, 5) is 10.8. The van der Waals surface area contributed by atoms with Crippen LogP contribution in [0.5, 0.6) is 5.75 Å². The van der Waals surface area contributed by atoms with Gasteiger partial charge in [0.2, 0.25) is 0 Å². The lowest BCUT2D eigenvalue weighted by atomic mass is 9.85. The van der Waals surface area contributed by atoms with Crippen molar-refractivity contribution in [2.45, 2.75) is 45.3 Å². The van der Waals surface area contributed by atoms with E-state index in [0.717, 1.165) is 11.1 Å². The summed E-state index contributed by atoms with van der Waals surface area (Å²) in [5.41, 5.74) is 1.93. The molecule has 5 heteroatoms. The van der Waals surface area contributed by atoms with Crippen LogP contribution in [0.15, 0.2) is 18.2 Å². The molecule has 0 radical (unpaired) electrons. The van der Waals surface area contributed by atoms with Crippen LogP contribution in [0.3, 0.4) is 0 Å². The van der Waals surface area contributed by atoms with Crippen LogP contribution in [-0.2, 0) is 10.2 Å². The van der Waals surface area contributed by atoms with E-state index in [-0.39, 0.29) is 11.5 Å². The van der Waals surface area contributed by atoms with Gasteiger partial charge < -0.3 is 20.3 Å². The molecule has 1 aromatic carbocycles. The molecule has 2 rings (SSSR count). The van der Waals surface area contributed by atoms with E-state index in [0.29, 0.717) is 18.9 Å². The van der Waals surface area contributed by atoms with Crippen molar-refractivity contribution in [3.05, 3.63) is 29.3 Å². The number of hydrogen-bond donors (Lipinski definition) is 3. The highest BCUT2D eigenvalue weighted by Crippen LogP contribution is 2.35. The van der Waals surface area contributed by atoms with E-state index in [9.17, 15) is 9.90 Å². The van der Waals surface area contributed by atoms with E-state index in [2.05, 4.69) is 26.1 Å². The summed E-state index contributed by atoms with van der Waals surface area (Å²) >= 11 is 0. The number of nitrogens with one attached hydrogen (secondary N) is 1. The molecule has 1 unspecified atom stereocenters. The van der Waals surface area contributed by atoms with Gasteiger partial charge in [-0.15, -0.1) is 0 Å². The minimum atomic E-state index is -0.853. The van der Waals surface area contributed by atoms with Crippen LogP contribution < -0.4 is 10.1 Å². The van der Waals surface area contributed by atoms with Gasteiger partial charge in [-0.2, -0.15) is 0 Å². The van der Waals surface area contributed by atoms with Crippen molar-refractivity contribution in [3.63, 3.8) is 0 Å². The smallest absolute Gasteiger partial charge is 0.307 e. The maximum Gasteiger partial charge on any atom is 0.307 e. The highest BCUT2D eigenvalue weighted by Gasteiger charge is 2.30. The highest BCUT2D eigenvalue weighted by molar-refractivity contribution is 5.69. The molecule has 122 valence electrons. The third kappa shape index (κ3) is 3.59. The molecule has 5 nitrogen and oxygen atoms in total. The van der Waals surface area contributed by atoms with Crippen LogP contribution >= 0.6 is 0 Å². The number of aliphatic hydroxyl groups is 1. The summed E-state index contributed by atoms with van der Waals surface area (Å²) in [6.07, 6.45) is -0.696. The number of ether oxygens (including phenoxy) is 1. The Bertz CT molecular complexity index is 550. The van der Waals surface area contributed by atoms with Gasteiger partial charge in [-0.05, 0) is 17.0 Å². The first-order valence-corrected chi connectivity index (χ1v) is 7.61. The van der Waals surface area contributed by atoms with Crippen LogP contribution in [0.1, 0.15) is 44.9 Å². The first-order valence-electron chi connectivity index (χ1n) is 7.61. The molecular formula is C17H25NO4. The number of benzene rings is 1. The van der Waals surface area contributed by atoms with Crippen LogP contribution in [0.4, 0.5) is 0 Å². The predicted octanol–water partition coefficient (Wildman–Crippen LogP) is 2.09. The zero-order chi connectivity index (χ0) is 16.5. The van der Waals surface area contributed by atoms with Gasteiger partial charge in [-0.25, -0.2) is 0 Å². The molecule has 0 saturated carbocycles. The summed E-state index contributed by atoms with van der Waals surface area (Å²) in [6.45, 7) is 8.65. The molecule has 1 aliphatic heterocycles. The molecular weight excluding hydrogens is 282 g/mol. The zero-order valence-electron chi connectivity index (χ0n) is 13.6. The van der Waals surface area contributed by atoms with Crippen molar-refractivity contribution in [1.82, 2.24) is 5.32 Å². The highest BCUT2D eigenvalue weighted by atomic mass is 16.5. The Labute approximate surface area is 131 Å². The number of rotatable bonds is 4. The largest absolute Gasteiger partial charge is 0.491 e. The first-order chi connectivity index (χ1) is 10.2. The number of aliphatic carboxylic acids is 1. The van der Waals surface area contributed by atoms with Crippen molar-refractivity contribution >= 4 is 5.97 Å². The fraction of sp³-hybridized carbons (Fsp3) is 0.588. The lowest BCUT2D eigenvalue weighted by Gasteiger charge is -2.32. The second-order valence-corrected chi connectivity index (χ2v) is 7.01. The molecule has 0 aromatic heterocycles. The molecule has 0 amide bonds. The molecule has 0 bridgehead atoms. The Morgan fingerprint density at radius 1 is 1.45 bits per heavy atom. The molecule has 3 N–H and O–H groups in total. The number of carboxylic acids is 1. The third-order valence-electron chi connectivity index (χ3n) is 4.11.